The molecule has 25 heavy (non-hydrogen) atoms. The minimum atomic E-state index is -0.712. The molecule has 0 saturated heterocycles. The van der Waals surface area contributed by atoms with Crippen LogP contribution in [0.4, 0.5) is 5.69 Å². The molecule has 1 aromatic carbocycles. The summed E-state index contributed by atoms with van der Waals surface area (Å²) in [6.07, 6.45) is 9.29. The molecule has 1 amide bonds. The Labute approximate surface area is 147 Å². The molecule has 6 heteroatoms. The quantitative estimate of drug-likeness (QED) is 0.822. The number of carbonyl (C=O) groups excluding carboxylic acids is 1. The molecule has 1 saturated carbocycles. The Morgan fingerprint density at radius 3 is 2.64 bits per heavy atom. The zero-order valence-corrected chi connectivity index (χ0v) is 14.2. The monoisotopic (exact) mass is 337 g/mol. The van der Waals surface area contributed by atoms with Crippen molar-refractivity contribution in [2.75, 3.05) is 11.9 Å². The van der Waals surface area contributed by atoms with Gasteiger partial charge in [0.25, 0.3) is 0 Å². The van der Waals surface area contributed by atoms with Gasteiger partial charge >= 0.3 is 0 Å². The third kappa shape index (κ3) is 4.18. The summed E-state index contributed by atoms with van der Waals surface area (Å²) in [6.45, 7) is 0.127. The van der Waals surface area contributed by atoms with Crippen LogP contribution in [-0.4, -0.2) is 27.8 Å². The molecule has 0 radical (unpaired) electrons. The summed E-state index contributed by atoms with van der Waals surface area (Å²) >= 11 is 0. The summed E-state index contributed by atoms with van der Waals surface area (Å²) in [5.41, 5.74) is 0.995. The van der Waals surface area contributed by atoms with E-state index in [1.54, 1.807) is 10.9 Å². The minimum absolute atomic E-state index is 0.127. The van der Waals surface area contributed by atoms with Crippen LogP contribution in [0.25, 0.3) is 5.69 Å². The molecule has 1 fully saturated rings. The molecular formula is C19H23N5O. The van der Waals surface area contributed by atoms with Crippen molar-refractivity contribution in [3.63, 3.8) is 0 Å². The topological polar surface area (TPSA) is 82.7 Å². The molecule has 1 aromatic heterocycles. The average molecular weight is 337 g/mol. The molecule has 0 aliphatic heterocycles. The maximum absolute atomic E-state index is 12.4. The first-order valence-corrected chi connectivity index (χ1v) is 8.78. The average Bonchev–Trinajstić information content (AvgIpc) is 3.07. The van der Waals surface area contributed by atoms with Crippen LogP contribution in [0.2, 0.25) is 0 Å². The Kier molecular flexibility index (Phi) is 5.34. The van der Waals surface area contributed by atoms with Gasteiger partial charge in [0.1, 0.15) is 5.54 Å². The van der Waals surface area contributed by atoms with Crippen LogP contribution >= 0.6 is 0 Å². The number of anilines is 1. The van der Waals surface area contributed by atoms with Gasteiger partial charge in [-0.1, -0.05) is 37.8 Å². The van der Waals surface area contributed by atoms with Crippen LogP contribution in [-0.2, 0) is 4.79 Å². The van der Waals surface area contributed by atoms with Gasteiger partial charge in [-0.25, -0.2) is 4.68 Å². The first-order chi connectivity index (χ1) is 12.2. The summed E-state index contributed by atoms with van der Waals surface area (Å²) in [7, 11) is 0. The lowest BCUT2D eigenvalue weighted by atomic mass is 9.92. The predicted molar refractivity (Wildman–Crippen MR) is 96.2 cm³/mol. The van der Waals surface area contributed by atoms with Crippen molar-refractivity contribution in [2.24, 2.45) is 0 Å². The van der Waals surface area contributed by atoms with E-state index in [9.17, 15) is 10.1 Å². The van der Waals surface area contributed by atoms with E-state index in [1.807, 2.05) is 36.5 Å². The number of aromatic nitrogens is 2. The molecule has 0 spiro atoms. The standard InChI is InChI=1S/C19H23N5O/c20-15-19(10-5-1-2-6-11-19)23-18(25)14-21-16-8-3-4-9-17(16)24-13-7-12-22-24/h3-4,7-9,12-13,21H,1-2,5-6,10-11,14H2,(H,23,25). The molecule has 0 atom stereocenters. The summed E-state index contributed by atoms with van der Waals surface area (Å²) < 4.78 is 1.75. The highest BCUT2D eigenvalue weighted by molar-refractivity contribution is 5.82. The van der Waals surface area contributed by atoms with Crippen molar-refractivity contribution in [3.05, 3.63) is 42.7 Å². The molecule has 2 N–H and O–H groups in total. The van der Waals surface area contributed by atoms with Crippen molar-refractivity contribution in [1.82, 2.24) is 15.1 Å². The van der Waals surface area contributed by atoms with Crippen molar-refractivity contribution in [2.45, 2.75) is 44.1 Å². The number of nitriles is 1. The molecule has 2 aromatic rings. The highest BCUT2D eigenvalue weighted by Crippen LogP contribution is 2.26. The van der Waals surface area contributed by atoms with Gasteiger partial charge < -0.3 is 10.6 Å². The van der Waals surface area contributed by atoms with E-state index < -0.39 is 5.54 Å². The van der Waals surface area contributed by atoms with Crippen molar-refractivity contribution in [1.29, 1.82) is 5.26 Å². The first kappa shape index (κ1) is 17.0. The Morgan fingerprint density at radius 2 is 1.96 bits per heavy atom. The molecule has 1 heterocycles. The SMILES string of the molecule is N#CC1(NC(=O)CNc2ccccc2-n2cccn2)CCCCCC1. The Hall–Kier alpha value is -2.81. The van der Waals surface area contributed by atoms with E-state index in [4.69, 9.17) is 0 Å². The fourth-order valence-corrected chi connectivity index (χ4v) is 3.32. The predicted octanol–water partition coefficient (Wildman–Crippen LogP) is 3.02. The molecule has 1 aliphatic rings. The van der Waals surface area contributed by atoms with Crippen LogP contribution in [0.5, 0.6) is 0 Å². The van der Waals surface area contributed by atoms with Crippen LogP contribution in [0, 0.1) is 11.3 Å². The van der Waals surface area contributed by atoms with E-state index in [-0.39, 0.29) is 12.5 Å². The third-order valence-electron chi connectivity index (χ3n) is 4.64. The first-order valence-electron chi connectivity index (χ1n) is 8.78. The number of hydrogen-bond donors (Lipinski definition) is 2. The number of amides is 1. The lowest BCUT2D eigenvalue weighted by Crippen LogP contribution is -2.49. The molecule has 0 bridgehead atoms. The number of hydrogen-bond acceptors (Lipinski definition) is 4. The molecular weight excluding hydrogens is 314 g/mol. The minimum Gasteiger partial charge on any atom is -0.374 e. The highest BCUT2D eigenvalue weighted by Gasteiger charge is 2.32. The lowest BCUT2D eigenvalue weighted by Gasteiger charge is -2.26. The Balaban J connectivity index is 1.64. The third-order valence-corrected chi connectivity index (χ3v) is 4.64. The summed E-state index contributed by atoms with van der Waals surface area (Å²) in [6, 6.07) is 11.9. The molecule has 1 aliphatic carbocycles. The fourth-order valence-electron chi connectivity index (χ4n) is 3.32. The van der Waals surface area contributed by atoms with Gasteiger partial charge in [0, 0.05) is 12.4 Å². The Morgan fingerprint density at radius 1 is 1.20 bits per heavy atom. The van der Waals surface area contributed by atoms with Gasteiger partial charge in [-0.3, -0.25) is 4.79 Å². The second-order valence-electron chi connectivity index (χ2n) is 6.48. The summed E-state index contributed by atoms with van der Waals surface area (Å²) in [4.78, 5) is 12.4. The number of para-hydroxylation sites is 2. The van der Waals surface area contributed by atoms with E-state index >= 15 is 0 Å². The molecule has 6 nitrogen and oxygen atoms in total. The van der Waals surface area contributed by atoms with Gasteiger partial charge in [0.15, 0.2) is 0 Å². The number of benzene rings is 1. The maximum Gasteiger partial charge on any atom is 0.240 e. The van der Waals surface area contributed by atoms with Gasteiger partial charge in [-0.15, -0.1) is 0 Å². The smallest absolute Gasteiger partial charge is 0.240 e. The van der Waals surface area contributed by atoms with Crippen LogP contribution in [0.3, 0.4) is 0 Å². The van der Waals surface area contributed by atoms with Crippen molar-refractivity contribution < 1.29 is 4.79 Å². The summed E-state index contributed by atoms with van der Waals surface area (Å²) in [5.74, 6) is -0.154. The van der Waals surface area contributed by atoms with Crippen LogP contribution < -0.4 is 10.6 Å². The highest BCUT2D eigenvalue weighted by atomic mass is 16.2. The molecule has 3 rings (SSSR count). The largest absolute Gasteiger partial charge is 0.374 e. The number of nitrogens with one attached hydrogen (secondary N) is 2. The number of carbonyl (C=O) groups is 1. The second kappa shape index (κ2) is 7.84. The van der Waals surface area contributed by atoms with Crippen LogP contribution in [0.15, 0.2) is 42.7 Å². The van der Waals surface area contributed by atoms with Crippen LogP contribution in [0.1, 0.15) is 38.5 Å². The van der Waals surface area contributed by atoms with Gasteiger partial charge in [-0.2, -0.15) is 10.4 Å². The zero-order chi connectivity index (χ0) is 17.5. The van der Waals surface area contributed by atoms with Gasteiger partial charge in [0.2, 0.25) is 5.91 Å². The zero-order valence-electron chi connectivity index (χ0n) is 14.2. The maximum atomic E-state index is 12.4. The van der Waals surface area contributed by atoms with Gasteiger partial charge in [0.05, 0.1) is 24.0 Å². The normalized spacial score (nSPS) is 16.4. The number of rotatable bonds is 5. The van der Waals surface area contributed by atoms with Crippen molar-refractivity contribution in [3.8, 4) is 11.8 Å². The molecule has 0 unspecified atom stereocenters. The second-order valence-corrected chi connectivity index (χ2v) is 6.48. The van der Waals surface area contributed by atoms with Crippen molar-refractivity contribution >= 4 is 11.6 Å². The lowest BCUT2D eigenvalue weighted by molar-refractivity contribution is -0.120. The Bertz CT molecular complexity index is 739. The van der Waals surface area contributed by atoms with Gasteiger partial charge in [-0.05, 0) is 31.0 Å². The number of nitrogens with zero attached hydrogens (tertiary/aromatic N) is 3. The van der Waals surface area contributed by atoms with E-state index in [0.717, 1.165) is 49.9 Å². The fraction of sp³-hybridized carbons (Fsp3) is 0.421. The summed E-state index contributed by atoms with van der Waals surface area (Å²) in [5, 5.41) is 19.9. The molecule has 130 valence electrons. The van der Waals surface area contributed by atoms with E-state index in [0.29, 0.717) is 0 Å². The van der Waals surface area contributed by atoms with E-state index in [1.165, 1.54) is 0 Å². The van der Waals surface area contributed by atoms with E-state index in [2.05, 4.69) is 21.8 Å².